The first-order valence-electron chi connectivity index (χ1n) is 10.7. The number of Topliss-reactive ketones (excluding diaryl/α,β-unsaturated/α-hetero) is 1. The number of H-pyrrole nitrogens is 1. The van der Waals surface area contributed by atoms with E-state index in [4.69, 9.17) is 0 Å². The maximum atomic E-state index is 13.2. The third kappa shape index (κ3) is 4.25. The highest BCUT2D eigenvalue weighted by atomic mass is 19.1. The number of anilines is 3. The lowest BCUT2D eigenvalue weighted by Gasteiger charge is -2.14. The van der Waals surface area contributed by atoms with Crippen LogP contribution in [0.4, 0.5) is 21.6 Å². The first kappa shape index (κ1) is 20.6. The van der Waals surface area contributed by atoms with Crippen molar-refractivity contribution in [3.63, 3.8) is 0 Å². The fraction of sp³-hybridized carbons (Fsp3) is 0.115. The van der Waals surface area contributed by atoms with Crippen LogP contribution in [0.15, 0.2) is 72.9 Å². The highest BCUT2D eigenvalue weighted by molar-refractivity contribution is 6.08. The molecule has 1 amide bonds. The number of fused-ring (bicyclic) bond motifs is 1. The molecular weight excluding hydrogens is 419 g/mol. The lowest BCUT2D eigenvalue weighted by molar-refractivity contribution is 0.0972. The fourth-order valence-corrected chi connectivity index (χ4v) is 4.05. The van der Waals surface area contributed by atoms with Crippen molar-refractivity contribution in [2.24, 2.45) is 0 Å². The number of ketones is 1. The van der Waals surface area contributed by atoms with Gasteiger partial charge in [-0.1, -0.05) is 18.2 Å². The smallest absolute Gasteiger partial charge is 0.256 e. The third-order valence-electron chi connectivity index (χ3n) is 5.63. The van der Waals surface area contributed by atoms with E-state index in [0.717, 1.165) is 41.2 Å². The van der Waals surface area contributed by atoms with Gasteiger partial charge in [-0.25, -0.2) is 9.37 Å². The van der Waals surface area contributed by atoms with Gasteiger partial charge >= 0.3 is 0 Å². The van der Waals surface area contributed by atoms with Crippen molar-refractivity contribution in [3.05, 3.63) is 95.6 Å². The molecule has 4 aromatic rings. The van der Waals surface area contributed by atoms with Gasteiger partial charge < -0.3 is 15.6 Å². The molecule has 0 bridgehead atoms. The molecule has 0 unspecified atom stereocenters. The number of nitrogens with one attached hydrogen (secondary N) is 3. The largest absolute Gasteiger partial charge is 0.356 e. The zero-order valence-electron chi connectivity index (χ0n) is 17.7. The van der Waals surface area contributed by atoms with Crippen LogP contribution in [0.2, 0.25) is 0 Å². The number of aryl methyl sites for hydroxylation is 1. The summed E-state index contributed by atoms with van der Waals surface area (Å²) in [4.78, 5) is 33.0. The van der Waals surface area contributed by atoms with Crippen molar-refractivity contribution < 1.29 is 14.0 Å². The quantitative estimate of drug-likeness (QED) is 0.370. The number of amides is 1. The molecule has 33 heavy (non-hydrogen) atoms. The number of aromatic nitrogens is 2. The zero-order valence-corrected chi connectivity index (χ0v) is 17.7. The maximum absolute atomic E-state index is 13.2. The predicted octanol–water partition coefficient (Wildman–Crippen LogP) is 5.73. The first-order valence-corrected chi connectivity index (χ1v) is 10.7. The van der Waals surface area contributed by atoms with Crippen LogP contribution in [0.5, 0.6) is 0 Å². The molecule has 7 heteroatoms. The van der Waals surface area contributed by atoms with Crippen molar-refractivity contribution in [1.82, 2.24) is 9.97 Å². The fourth-order valence-electron chi connectivity index (χ4n) is 4.05. The van der Waals surface area contributed by atoms with Crippen molar-refractivity contribution in [2.75, 3.05) is 10.6 Å². The van der Waals surface area contributed by atoms with Crippen molar-refractivity contribution >= 4 is 28.9 Å². The van der Waals surface area contributed by atoms with Gasteiger partial charge in [0.1, 0.15) is 11.6 Å². The van der Waals surface area contributed by atoms with E-state index in [2.05, 4.69) is 20.6 Å². The predicted molar refractivity (Wildman–Crippen MR) is 125 cm³/mol. The number of pyridine rings is 1. The minimum atomic E-state index is -0.407. The zero-order chi connectivity index (χ0) is 22.8. The molecule has 2 aromatic heterocycles. The van der Waals surface area contributed by atoms with E-state index >= 15 is 0 Å². The Morgan fingerprint density at radius 3 is 2.58 bits per heavy atom. The molecule has 2 aromatic carbocycles. The monoisotopic (exact) mass is 440 g/mol. The molecule has 1 aliphatic carbocycles. The highest BCUT2D eigenvalue weighted by Crippen LogP contribution is 2.39. The molecule has 6 nitrogen and oxygen atoms in total. The lowest BCUT2D eigenvalue weighted by Crippen LogP contribution is -2.12. The number of rotatable bonds is 5. The second-order valence-corrected chi connectivity index (χ2v) is 7.89. The van der Waals surface area contributed by atoms with E-state index in [1.165, 1.54) is 24.3 Å². The van der Waals surface area contributed by atoms with Gasteiger partial charge in [0.25, 0.3) is 5.91 Å². The van der Waals surface area contributed by atoms with Crippen LogP contribution in [-0.4, -0.2) is 21.7 Å². The molecule has 0 fully saturated rings. The van der Waals surface area contributed by atoms with E-state index in [1.807, 2.05) is 36.4 Å². The number of carbonyl (C=O) groups is 2. The molecule has 2 heterocycles. The van der Waals surface area contributed by atoms with E-state index in [1.54, 1.807) is 12.3 Å². The maximum Gasteiger partial charge on any atom is 0.256 e. The molecule has 0 spiro atoms. The van der Waals surface area contributed by atoms with Crippen molar-refractivity contribution in [3.8, 4) is 11.3 Å². The van der Waals surface area contributed by atoms with Crippen LogP contribution in [0.25, 0.3) is 11.3 Å². The van der Waals surface area contributed by atoms with Crippen LogP contribution >= 0.6 is 0 Å². The van der Waals surface area contributed by atoms with E-state index in [0.29, 0.717) is 23.4 Å². The summed E-state index contributed by atoms with van der Waals surface area (Å²) < 4.78 is 13.2. The summed E-state index contributed by atoms with van der Waals surface area (Å²) in [6.07, 6.45) is 3.72. The molecule has 0 aliphatic heterocycles. The number of benzene rings is 2. The number of halogens is 1. The van der Waals surface area contributed by atoms with Crippen molar-refractivity contribution in [2.45, 2.75) is 19.3 Å². The van der Waals surface area contributed by atoms with Crippen LogP contribution in [-0.2, 0) is 6.42 Å². The van der Waals surface area contributed by atoms with Gasteiger partial charge in [-0.05, 0) is 61.4 Å². The minimum Gasteiger partial charge on any atom is -0.356 e. The molecule has 0 saturated carbocycles. The summed E-state index contributed by atoms with van der Waals surface area (Å²) in [5, 5.41) is 6.16. The summed E-state index contributed by atoms with van der Waals surface area (Å²) in [6.45, 7) is 0. The summed E-state index contributed by atoms with van der Waals surface area (Å²) in [7, 11) is 0. The van der Waals surface area contributed by atoms with Gasteiger partial charge in [-0.15, -0.1) is 0 Å². The molecular formula is C26H21FN4O2. The number of nitrogens with zero attached hydrogens (tertiary/aromatic N) is 1. The molecule has 0 atom stereocenters. The number of hydrogen-bond acceptors (Lipinski definition) is 4. The van der Waals surface area contributed by atoms with Crippen LogP contribution in [0.3, 0.4) is 0 Å². The van der Waals surface area contributed by atoms with E-state index < -0.39 is 5.82 Å². The van der Waals surface area contributed by atoms with Gasteiger partial charge in [0.05, 0.1) is 16.9 Å². The average molecular weight is 440 g/mol. The van der Waals surface area contributed by atoms with E-state index in [9.17, 15) is 14.0 Å². The second-order valence-electron chi connectivity index (χ2n) is 7.89. The molecule has 1 aliphatic rings. The number of aromatic amines is 1. The van der Waals surface area contributed by atoms with Crippen LogP contribution in [0, 0.1) is 5.82 Å². The lowest BCUT2D eigenvalue weighted by atomic mass is 9.95. The number of para-hydroxylation sites is 1. The van der Waals surface area contributed by atoms with E-state index in [-0.39, 0.29) is 11.7 Å². The van der Waals surface area contributed by atoms with Crippen LogP contribution in [0.1, 0.15) is 39.3 Å². The Morgan fingerprint density at radius 2 is 1.79 bits per heavy atom. The normalized spacial score (nSPS) is 12.8. The highest BCUT2D eigenvalue weighted by Gasteiger charge is 2.27. The standard InChI is InChI=1S/C26H21FN4O2/c27-18-11-9-16(10-12-18)26(33)31-22-15-17(13-14-28-22)24-25(29-19-5-2-1-3-6-19)23-20(30-24)7-4-8-21(23)32/h1-3,5-6,9-15,29-30H,4,7-8H2,(H,28,31,33). The summed E-state index contributed by atoms with van der Waals surface area (Å²) in [5.41, 5.74) is 5.07. The Labute approximate surface area is 189 Å². The third-order valence-corrected chi connectivity index (χ3v) is 5.63. The Morgan fingerprint density at radius 1 is 1.00 bits per heavy atom. The average Bonchev–Trinajstić information content (AvgIpc) is 3.20. The number of hydrogen-bond donors (Lipinski definition) is 3. The Hall–Kier alpha value is -4.26. The van der Waals surface area contributed by atoms with Gasteiger partial charge in [0, 0.05) is 35.1 Å². The van der Waals surface area contributed by atoms with Crippen molar-refractivity contribution in [1.29, 1.82) is 0 Å². The summed E-state index contributed by atoms with van der Waals surface area (Å²) in [6, 6.07) is 18.6. The molecule has 0 radical (unpaired) electrons. The van der Waals surface area contributed by atoms with Gasteiger partial charge in [0.15, 0.2) is 5.78 Å². The molecule has 164 valence electrons. The van der Waals surface area contributed by atoms with Gasteiger partial charge in [-0.2, -0.15) is 0 Å². The molecule has 5 rings (SSSR count). The summed E-state index contributed by atoms with van der Waals surface area (Å²) in [5.74, 6) is -0.332. The Balaban J connectivity index is 1.51. The molecule has 3 N–H and O–H groups in total. The van der Waals surface area contributed by atoms with Crippen LogP contribution < -0.4 is 10.6 Å². The topological polar surface area (TPSA) is 86.9 Å². The summed E-state index contributed by atoms with van der Waals surface area (Å²) >= 11 is 0. The number of carbonyl (C=O) groups excluding carboxylic acids is 2. The SMILES string of the molecule is O=C(Nc1cc(-c2[nH]c3c(c2Nc2ccccc2)C(=O)CCC3)ccn1)c1ccc(F)cc1. The van der Waals surface area contributed by atoms with Gasteiger partial charge in [0.2, 0.25) is 0 Å². The Bertz CT molecular complexity index is 1330. The van der Waals surface area contributed by atoms with Gasteiger partial charge in [-0.3, -0.25) is 9.59 Å². The Kier molecular flexibility index (Phi) is 5.44. The second kappa shape index (κ2) is 8.70. The minimum absolute atomic E-state index is 0.107. The first-order chi connectivity index (χ1) is 16.1. The molecule has 0 saturated heterocycles.